The Morgan fingerprint density at radius 1 is 1.57 bits per heavy atom. The number of likely N-dealkylation sites (N-methyl/N-ethyl adjacent to an activating group) is 1. The maximum atomic E-state index is 11.3. The lowest BCUT2D eigenvalue weighted by Gasteiger charge is -2.13. The van der Waals surface area contributed by atoms with Crippen molar-refractivity contribution in [1.82, 2.24) is 10.2 Å². The summed E-state index contributed by atoms with van der Waals surface area (Å²) >= 11 is 0. The van der Waals surface area contributed by atoms with E-state index in [1.807, 2.05) is 19.0 Å². The quantitative estimate of drug-likeness (QED) is 0.558. The summed E-state index contributed by atoms with van der Waals surface area (Å²) in [5, 5.41) is 2.76. The molecule has 14 heavy (non-hydrogen) atoms. The van der Waals surface area contributed by atoms with E-state index in [-0.39, 0.29) is 5.91 Å². The van der Waals surface area contributed by atoms with Crippen LogP contribution in [0.1, 0.15) is 6.42 Å². The van der Waals surface area contributed by atoms with E-state index in [0.717, 1.165) is 6.54 Å². The van der Waals surface area contributed by atoms with E-state index in [2.05, 4.69) is 5.32 Å². The summed E-state index contributed by atoms with van der Waals surface area (Å²) in [5.74, 6) is -0.107. The van der Waals surface area contributed by atoms with Gasteiger partial charge in [-0.1, -0.05) is 0 Å². The van der Waals surface area contributed by atoms with E-state index in [9.17, 15) is 4.79 Å². The van der Waals surface area contributed by atoms with Gasteiger partial charge < -0.3 is 20.7 Å². The number of nitrogens with one attached hydrogen (secondary N) is 1. The monoisotopic (exact) mass is 203 g/mol. The van der Waals surface area contributed by atoms with Crippen LogP contribution in [0.4, 0.5) is 0 Å². The smallest absolute Gasteiger partial charge is 0.237 e. The summed E-state index contributed by atoms with van der Waals surface area (Å²) in [6.45, 7) is 1.97. The van der Waals surface area contributed by atoms with Gasteiger partial charge in [-0.25, -0.2) is 0 Å². The largest absolute Gasteiger partial charge is 0.385 e. The molecule has 5 nitrogen and oxygen atoms in total. The Kier molecular flexibility index (Phi) is 7.37. The van der Waals surface area contributed by atoms with E-state index in [0.29, 0.717) is 19.6 Å². The van der Waals surface area contributed by atoms with Crippen LogP contribution < -0.4 is 11.1 Å². The molecule has 5 heteroatoms. The second-order valence-electron chi connectivity index (χ2n) is 3.48. The molecule has 0 rings (SSSR count). The second kappa shape index (κ2) is 7.73. The molecule has 0 aliphatic rings. The van der Waals surface area contributed by atoms with Gasteiger partial charge in [-0.15, -0.1) is 0 Å². The minimum absolute atomic E-state index is 0.107. The molecule has 0 aliphatic carbocycles. The fourth-order valence-corrected chi connectivity index (χ4v) is 0.910. The van der Waals surface area contributed by atoms with Crippen LogP contribution in [0.2, 0.25) is 0 Å². The third-order valence-corrected chi connectivity index (χ3v) is 1.83. The summed E-state index contributed by atoms with van der Waals surface area (Å²) in [6, 6.07) is -0.461. The first kappa shape index (κ1) is 13.4. The molecule has 0 spiro atoms. The van der Waals surface area contributed by atoms with Gasteiger partial charge in [-0.2, -0.15) is 0 Å². The first-order chi connectivity index (χ1) is 6.57. The first-order valence-electron chi connectivity index (χ1n) is 4.75. The molecule has 0 aromatic rings. The van der Waals surface area contributed by atoms with Gasteiger partial charge in [0.1, 0.15) is 0 Å². The summed E-state index contributed by atoms with van der Waals surface area (Å²) in [7, 11) is 5.50. The third kappa shape index (κ3) is 6.82. The number of hydrogen-bond acceptors (Lipinski definition) is 4. The molecule has 1 unspecified atom stereocenters. The average molecular weight is 203 g/mol. The minimum atomic E-state index is -0.461. The van der Waals surface area contributed by atoms with Gasteiger partial charge in [0.15, 0.2) is 0 Å². The van der Waals surface area contributed by atoms with Crippen LogP contribution in [-0.4, -0.2) is 57.8 Å². The highest BCUT2D eigenvalue weighted by molar-refractivity contribution is 5.81. The predicted molar refractivity (Wildman–Crippen MR) is 56.0 cm³/mol. The molecule has 1 amide bonds. The SMILES string of the molecule is COCCC(N)C(=O)NCCN(C)C. The Morgan fingerprint density at radius 2 is 2.21 bits per heavy atom. The van der Waals surface area contributed by atoms with E-state index in [1.54, 1.807) is 7.11 Å². The van der Waals surface area contributed by atoms with Gasteiger partial charge in [0.05, 0.1) is 6.04 Å². The molecule has 0 aromatic heterocycles. The summed E-state index contributed by atoms with van der Waals surface area (Å²) in [4.78, 5) is 13.3. The van der Waals surface area contributed by atoms with Crippen molar-refractivity contribution in [1.29, 1.82) is 0 Å². The molecular weight excluding hydrogens is 182 g/mol. The zero-order valence-electron chi connectivity index (χ0n) is 9.25. The molecule has 0 bridgehead atoms. The number of carbonyl (C=O) groups is 1. The molecular formula is C9H21N3O2. The van der Waals surface area contributed by atoms with Gasteiger partial charge in [0.2, 0.25) is 5.91 Å². The fourth-order valence-electron chi connectivity index (χ4n) is 0.910. The first-order valence-corrected chi connectivity index (χ1v) is 4.75. The molecule has 3 N–H and O–H groups in total. The molecule has 0 aromatic carbocycles. The standard InChI is InChI=1S/C9H21N3O2/c1-12(2)6-5-11-9(13)8(10)4-7-14-3/h8H,4-7,10H2,1-3H3,(H,11,13). The number of rotatable bonds is 7. The Balaban J connectivity index is 3.52. The Morgan fingerprint density at radius 3 is 2.71 bits per heavy atom. The van der Waals surface area contributed by atoms with Crippen molar-refractivity contribution in [2.45, 2.75) is 12.5 Å². The maximum absolute atomic E-state index is 11.3. The van der Waals surface area contributed by atoms with Crippen molar-refractivity contribution in [2.75, 3.05) is 40.9 Å². The predicted octanol–water partition coefficient (Wildman–Crippen LogP) is -0.972. The van der Waals surface area contributed by atoms with Gasteiger partial charge >= 0.3 is 0 Å². The number of carbonyl (C=O) groups excluding carboxylic acids is 1. The second-order valence-corrected chi connectivity index (χ2v) is 3.48. The molecule has 84 valence electrons. The molecule has 0 saturated heterocycles. The highest BCUT2D eigenvalue weighted by atomic mass is 16.5. The van der Waals surface area contributed by atoms with Crippen LogP contribution in [0.5, 0.6) is 0 Å². The van der Waals surface area contributed by atoms with Crippen LogP contribution in [0.25, 0.3) is 0 Å². The van der Waals surface area contributed by atoms with Gasteiger partial charge in [-0.05, 0) is 20.5 Å². The number of amides is 1. The Hall–Kier alpha value is -0.650. The van der Waals surface area contributed by atoms with Crippen molar-refractivity contribution in [2.24, 2.45) is 5.73 Å². The van der Waals surface area contributed by atoms with Crippen molar-refractivity contribution >= 4 is 5.91 Å². The fraction of sp³-hybridized carbons (Fsp3) is 0.889. The van der Waals surface area contributed by atoms with Crippen molar-refractivity contribution < 1.29 is 9.53 Å². The van der Waals surface area contributed by atoms with Crippen LogP contribution >= 0.6 is 0 Å². The summed E-state index contributed by atoms with van der Waals surface area (Å²) < 4.78 is 4.84. The molecule has 0 radical (unpaired) electrons. The van der Waals surface area contributed by atoms with E-state index in [4.69, 9.17) is 10.5 Å². The Labute approximate surface area is 85.6 Å². The van der Waals surface area contributed by atoms with Gasteiger partial charge in [0, 0.05) is 26.8 Å². The Bertz CT molecular complexity index is 162. The third-order valence-electron chi connectivity index (χ3n) is 1.83. The summed E-state index contributed by atoms with van der Waals surface area (Å²) in [5.41, 5.74) is 5.61. The number of nitrogens with two attached hydrogens (primary N) is 1. The maximum Gasteiger partial charge on any atom is 0.237 e. The lowest BCUT2D eigenvalue weighted by atomic mass is 10.2. The topological polar surface area (TPSA) is 67.6 Å². The van der Waals surface area contributed by atoms with Crippen LogP contribution in [0, 0.1) is 0 Å². The van der Waals surface area contributed by atoms with E-state index >= 15 is 0 Å². The number of nitrogens with zero attached hydrogens (tertiary/aromatic N) is 1. The lowest BCUT2D eigenvalue weighted by Crippen LogP contribution is -2.43. The van der Waals surface area contributed by atoms with Crippen molar-refractivity contribution in [3.8, 4) is 0 Å². The molecule has 0 heterocycles. The molecule has 1 atom stereocenters. The normalized spacial score (nSPS) is 12.9. The summed E-state index contributed by atoms with van der Waals surface area (Å²) in [6.07, 6.45) is 0.560. The zero-order valence-corrected chi connectivity index (χ0v) is 9.25. The van der Waals surface area contributed by atoms with Crippen molar-refractivity contribution in [3.05, 3.63) is 0 Å². The van der Waals surface area contributed by atoms with E-state index in [1.165, 1.54) is 0 Å². The van der Waals surface area contributed by atoms with Crippen LogP contribution in [-0.2, 0) is 9.53 Å². The molecule has 0 fully saturated rings. The van der Waals surface area contributed by atoms with Gasteiger partial charge in [-0.3, -0.25) is 4.79 Å². The average Bonchev–Trinajstić information content (AvgIpc) is 2.13. The zero-order chi connectivity index (χ0) is 11.0. The highest BCUT2D eigenvalue weighted by Gasteiger charge is 2.11. The van der Waals surface area contributed by atoms with E-state index < -0.39 is 6.04 Å². The van der Waals surface area contributed by atoms with Crippen molar-refractivity contribution in [3.63, 3.8) is 0 Å². The van der Waals surface area contributed by atoms with Gasteiger partial charge in [0.25, 0.3) is 0 Å². The number of hydrogen-bond donors (Lipinski definition) is 2. The van der Waals surface area contributed by atoms with Crippen LogP contribution in [0.15, 0.2) is 0 Å². The lowest BCUT2D eigenvalue weighted by molar-refractivity contribution is -0.122. The molecule has 0 aliphatic heterocycles. The molecule has 0 saturated carbocycles. The highest BCUT2D eigenvalue weighted by Crippen LogP contribution is 1.88. The van der Waals surface area contributed by atoms with Crippen LogP contribution in [0.3, 0.4) is 0 Å². The number of ether oxygens (including phenoxy) is 1. The minimum Gasteiger partial charge on any atom is -0.385 e. The number of methoxy groups -OCH3 is 1.